The first-order chi connectivity index (χ1) is 12.8. The summed E-state index contributed by atoms with van der Waals surface area (Å²) in [5, 5.41) is 2.98. The van der Waals surface area contributed by atoms with Crippen molar-refractivity contribution >= 4 is 22.6 Å². The molecule has 26 heavy (non-hydrogen) atoms. The molecule has 0 unspecified atom stereocenters. The second-order valence-electron chi connectivity index (χ2n) is 6.74. The van der Waals surface area contributed by atoms with Crippen LogP contribution in [0.4, 0.5) is 5.69 Å². The number of nitrogens with zero attached hydrogens (tertiary/aromatic N) is 1. The zero-order chi connectivity index (χ0) is 17.8. The van der Waals surface area contributed by atoms with Gasteiger partial charge in [0.2, 0.25) is 5.91 Å². The topological polar surface area (TPSA) is 67.0 Å². The molecule has 1 aliphatic rings. The normalized spacial score (nSPS) is 16.8. The lowest BCUT2D eigenvalue weighted by Crippen LogP contribution is -2.11. The standard InChI is InChI=1S/C21H23N3O2/c25-20(10-4-8-15-6-2-1-3-7-15)22-16-11-12-17-18(14-16)24-21(23-17)19-9-5-13-26-19/h1-3,6-7,11-12,14,19H,4-5,8-10,13H2,(H,22,25)(H,23,24)/t19-/m0/s1. The molecule has 5 nitrogen and oxygen atoms in total. The van der Waals surface area contributed by atoms with E-state index in [0.29, 0.717) is 6.42 Å². The summed E-state index contributed by atoms with van der Waals surface area (Å²) in [5.41, 5.74) is 3.89. The molecular weight excluding hydrogens is 326 g/mol. The Balaban J connectivity index is 1.35. The van der Waals surface area contributed by atoms with Gasteiger partial charge in [-0.2, -0.15) is 0 Å². The number of carbonyl (C=O) groups is 1. The van der Waals surface area contributed by atoms with Crippen molar-refractivity contribution in [2.24, 2.45) is 0 Å². The number of amides is 1. The number of carbonyl (C=O) groups excluding carboxylic acids is 1. The maximum absolute atomic E-state index is 12.2. The maximum Gasteiger partial charge on any atom is 0.224 e. The van der Waals surface area contributed by atoms with Gasteiger partial charge in [0, 0.05) is 18.7 Å². The number of imidazole rings is 1. The van der Waals surface area contributed by atoms with Gasteiger partial charge in [-0.05, 0) is 49.4 Å². The molecule has 3 aromatic rings. The average molecular weight is 349 g/mol. The zero-order valence-electron chi connectivity index (χ0n) is 14.7. The predicted octanol–water partition coefficient (Wildman–Crippen LogP) is 4.38. The highest BCUT2D eigenvalue weighted by Gasteiger charge is 2.21. The number of aromatic amines is 1. The quantitative estimate of drug-likeness (QED) is 0.694. The Bertz CT molecular complexity index is 883. The minimum atomic E-state index is 0.0409. The Morgan fingerprint density at radius 3 is 2.92 bits per heavy atom. The highest BCUT2D eigenvalue weighted by atomic mass is 16.5. The zero-order valence-corrected chi connectivity index (χ0v) is 14.7. The molecule has 1 aromatic heterocycles. The van der Waals surface area contributed by atoms with Crippen molar-refractivity contribution in [2.45, 2.75) is 38.2 Å². The van der Waals surface area contributed by atoms with E-state index in [1.165, 1.54) is 5.56 Å². The predicted molar refractivity (Wildman–Crippen MR) is 102 cm³/mol. The van der Waals surface area contributed by atoms with Gasteiger partial charge in [0.05, 0.1) is 11.0 Å². The van der Waals surface area contributed by atoms with Crippen LogP contribution in [-0.2, 0) is 16.0 Å². The largest absolute Gasteiger partial charge is 0.370 e. The third kappa shape index (κ3) is 3.94. The van der Waals surface area contributed by atoms with Crippen molar-refractivity contribution in [3.05, 3.63) is 59.9 Å². The number of ether oxygens (including phenoxy) is 1. The molecule has 1 amide bonds. The molecule has 0 radical (unpaired) electrons. The molecule has 1 fully saturated rings. The summed E-state index contributed by atoms with van der Waals surface area (Å²) in [4.78, 5) is 20.1. The molecule has 0 spiro atoms. The van der Waals surface area contributed by atoms with E-state index in [9.17, 15) is 4.79 Å². The summed E-state index contributed by atoms with van der Waals surface area (Å²) in [6, 6.07) is 16.0. The van der Waals surface area contributed by atoms with E-state index in [2.05, 4.69) is 27.4 Å². The fourth-order valence-electron chi connectivity index (χ4n) is 3.37. The second kappa shape index (κ2) is 7.70. The number of anilines is 1. The van der Waals surface area contributed by atoms with E-state index in [4.69, 9.17) is 4.74 Å². The van der Waals surface area contributed by atoms with E-state index < -0.39 is 0 Å². The Morgan fingerprint density at radius 2 is 2.12 bits per heavy atom. The number of benzene rings is 2. The molecule has 134 valence electrons. The summed E-state index contributed by atoms with van der Waals surface area (Å²) >= 11 is 0. The Kier molecular flexibility index (Phi) is 4.97. The van der Waals surface area contributed by atoms with Crippen LogP contribution < -0.4 is 5.32 Å². The number of aromatic nitrogens is 2. The minimum absolute atomic E-state index is 0.0409. The van der Waals surface area contributed by atoms with E-state index in [1.54, 1.807) is 0 Å². The summed E-state index contributed by atoms with van der Waals surface area (Å²) in [5.74, 6) is 0.919. The minimum Gasteiger partial charge on any atom is -0.370 e. The Hall–Kier alpha value is -2.66. The molecule has 2 aromatic carbocycles. The fraction of sp³-hybridized carbons (Fsp3) is 0.333. The molecule has 1 atom stereocenters. The third-order valence-corrected chi connectivity index (χ3v) is 4.73. The van der Waals surface area contributed by atoms with Crippen LogP contribution in [0.15, 0.2) is 48.5 Å². The molecule has 1 saturated heterocycles. The molecular formula is C21H23N3O2. The van der Waals surface area contributed by atoms with E-state index in [0.717, 1.165) is 54.8 Å². The lowest BCUT2D eigenvalue weighted by molar-refractivity contribution is -0.116. The second-order valence-corrected chi connectivity index (χ2v) is 6.74. The summed E-state index contributed by atoms with van der Waals surface area (Å²) in [6.45, 7) is 0.798. The van der Waals surface area contributed by atoms with Crippen LogP contribution in [0, 0.1) is 0 Å². The van der Waals surface area contributed by atoms with Gasteiger partial charge in [-0.1, -0.05) is 30.3 Å². The van der Waals surface area contributed by atoms with Gasteiger partial charge in [-0.3, -0.25) is 4.79 Å². The van der Waals surface area contributed by atoms with Gasteiger partial charge in [0.25, 0.3) is 0 Å². The van der Waals surface area contributed by atoms with Gasteiger partial charge in [0.1, 0.15) is 11.9 Å². The van der Waals surface area contributed by atoms with Crippen LogP contribution in [0.25, 0.3) is 11.0 Å². The van der Waals surface area contributed by atoms with E-state index in [1.807, 2.05) is 36.4 Å². The van der Waals surface area contributed by atoms with Crippen molar-refractivity contribution < 1.29 is 9.53 Å². The fourth-order valence-corrected chi connectivity index (χ4v) is 3.37. The van der Waals surface area contributed by atoms with Gasteiger partial charge in [-0.15, -0.1) is 0 Å². The van der Waals surface area contributed by atoms with Crippen molar-refractivity contribution in [3.8, 4) is 0 Å². The summed E-state index contributed by atoms with van der Waals surface area (Å²) < 4.78 is 5.68. The number of hydrogen-bond acceptors (Lipinski definition) is 3. The van der Waals surface area contributed by atoms with Gasteiger partial charge >= 0.3 is 0 Å². The van der Waals surface area contributed by atoms with E-state index >= 15 is 0 Å². The molecule has 5 heteroatoms. The number of fused-ring (bicyclic) bond motifs is 1. The monoisotopic (exact) mass is 349 g/mol. The summed E-state index contributed by atoms with van der Waals surface area (Å²) in [6.07, 6.45) is 4.41. The highest BCUT2D eigenvalue weighted by molar-refractivity contribution is 5.93. The van der Waals surface area contributed by atoms with Gasteiger partial charge < -0.3 is 15.0 Å². The number of H-pyrrole nitrogens is 1. The van der Waals surface area contributed by atoms with E-state index in [-0.39, 0.29) is 12.0 Å². The van der Waals surface area contributed by atoms with Crippen LogP contribution in [0.1, 0.15) is 43.2 Å². The first kappa shape index (κ1) is 16.8. The number of rotatable bonds is 6. The Labute approximate surface area is 152 Å². The van der Waals surface area contributed by atoms with Crippen molar-refractivity contribution in [1.29, 1.82) is 0 Å². The number of aryl methyl sites for hydroxylation is 1. The molecule has 2 heterocycles. The Morgan fingerprint density at radius 1 is 1.23 bits per heavy atom. The molecule has 2 N–H and O–H groups in total. The number of nitrogens with one attached hydrogen (secondary N) is 2. The average Bonchev–Trinajstić information content (AvgIpc) is 3.31. The first-order valence-corrected chi connectivity index (χ1v) is 9.23. The first-order valence-electron chi connectivity index (χ1n) is 9.23. The molecule has 0 saturated carbocycles. The third-order valence-electron chi connectivity index (χ3n) is 4.73. The lowest BCUT2D eigenvalue weighted by atomic mass is 10.1. The van der Waals surface area contributed by atoms with Crippen molar-refractivity contribution in [3.63, 3.8) is 0 Å². The smallest absolute Gasteiger partial charge is 0.224 e. The SMILES string of the molecule is O=C(CCCc1ccccc1)Nc1ccc2nc([C@@H]3CCCO3)[nH]c2c1. The van der Waals surface area contributed by atoms with Crippen LogP contribution in [0.5, 0.6) is 0 Å². The van der Waals surface area contributed by atoms with Crippen LogP contribution in [-0.4, -0.2) is 22.5 Å². The van der Waals surface area contributed by atoms with Crippen LogP contribution >= 0.6 is 0 Å². The van der Waals surface area contributed by atoms with Gasteiger partial charge in [-0.25, -0.2) is 4.98 Å². The van der Waals surface area contributed by atoms with Crippen molar-refractivity contribution in [1.82, 2.24) is 9.97 Å². The molecule has 1 aliphatic heterocycles. The molecule has 0 bridgehead atoms. The highest BCUT2D eigenvalue weighted by Crippen LogP contribution is 2.28. The number of hydrogen-bond donors (Lipinski definition) is 2. The summed E-state index contributed by atoms with van der Waals surface area (Å²) in [7, 11) is 0. The maximum atomic E-state index is 12.2. The van der Waals surface area contributed by atoms with Gasteiger partial charge in [0.15, 0.2) is 0 Å². The molecule has 0 aliphatic carbocycles. The van der Waals surface area contributed by atoms with Crippen LogP contribution in [0.3, 0.4) is 0 Å². The van der Waals surface area contributed by atoms with Crippen LogP contribution in [0.2, 0.25) is 0 Å². The van der Waals surface area contributed by atoms with Crippen molar-refractivity contribution in [2.75, 3.05) is 11.9 Å². The lowest BCUT2D eigenvalue weighted by Gasteiger charge is -2.05. The molecule has 4 rings (SSSR count).